The Kier molecular flexibility index (Phi) is 7.48. The maximum Gasteiger partial charge on any atom is 0.326 e. The van der Waals surface area contributed by atoms with E-state index in [2.05, 4.69) is 10.6 Å². The molecule has 0 rings (SSSR count). The van der Waals surface area contributed by atoms with Crippen molar-refractivity contribution in [3.8, 4) is 0 Å². The number of nitrogens with one attached hydrogen (secondary N) is 2. The summed E-state index contributed by atoms with van der Waals surface area (Å²) in [4.78, 5) is 35.3. The average molecular weight is 316 g/mol. The molecule has 1 atom stereocenters. The van der Waals surface area contributed by atoms with Gasteiger partial charge in [-0.2, -0.15) is 0 Å². The molecule has 7 N–H and O–H groups in total. The number of carbonyl (C=O) groups is 3. The summed E-state index contributed by atoms with van der Waals surface area (Å²) >= 11 is 0. The normalized spacial score (nSPS) is 13.4. The summed E-state index contributed by atoms with van der Waals surface area (Å²) in [5.41, 5.74) is 8.63. The number of hydrogen-bond donors (Lipinski definition) is 5. The summed E-state index contributed by atoms with van der Waals surface area (Å²) in [5.74, 6) is -2.19. The third-order valence-electron chi connectivity index (χ3n) is 3.13. The summed E-state index contributed by atoms with van der Waals surface area (Å²) in [6, 6.07) is -1.01. The van der Waals surface area contributed by atoms with Crippen molar-refractivity contribution in [2.24, 2.45) is 11.5 Å². The van der Waals surface area contributed by atoms with Crippen LogP contribution in [0.2, 0.25) is 0 Å². The third-order valence-corrected chi connectivity index (χ3v) is 3.13. The zero-order chi connectivity index (χ0) is 17.6. The molecule has 0 aromatic carbocycles. The first-order valence-corrected chi connectivity index (χ1v) is 7.27. The molecule has 0 saturated carbocycles. The first-order valence-electron chi connectivity index (χ1n) is 7.27. The van der Waals surface area contributed by atoms with Crippen LogP contribution < -0.4 is 22.1 Å². The van der Waals surface area contributed by atoms with Gasteiger partial charge in [-0.1, -0.05) is 0 Å². The second kappa shape index (κ2) is 8.09. The predicted octanol–water partition coefficient (Wildman–Crippen LogP) is -0.683. The smallest absolute Gasteiger partial charge is 0.326 e. The van der Waals surface area contributed by atoms with Crippen LogP contribution in [0.25, 0.3) is 0 Å². The standard InChI is InChI=1S/C14H28N4O4/c1-13(2,16)11(21)18-14(3,4)12(22)17-9(10(19)20)7-5-6-8-15/h9H,5-8,15-16H2,1-4H3,(H,17,22)(H,18,21)(H,19,20)/t9-/m0/s1. The predicted molar refractivity (Wildman–Crippen MR) is 83.0 cm³/mol. The fraction of sp³-hybridized carbons (Fsp3) is 0.786. The first-order chi connectivity index (χ1) is 9.91. The van der Waals surface area contributed by atoms with Crippen LogP contribution in [0.5, 0.6) is 0 Å². The van der Waals surface area contributed by atoms with E-state index in [0.717, 1.165) is 0 Å². The summed E-state index contributed by atoms with van der Waals surface area (Å²) in [5, 5.41) is 14.1. The molecule has 0 unspecified atom stereocenters. The first kappa shape index (κ1) is 20.3. The number of unbranched alkanes of at least 4 members (excludes halogenated alkanes) is 1. The molecular formula is C14H28N4O4. The Bertz CT molecular complexity index is 416. The molecule has 0 fully saturated rings. The van der Waals surface area contributed by atoms with Crippen LogP contribution in [-0.4, -0.2) is 46.6 Å². The zero-order valence-corrected chi connectivity index (χ0v) is 13.7. The molecule has 0 bridgehead atoms. The summed E-state index contributed by atoms with van der Waals surface area (Å²) in [7, 11) is 0. The highest BCUT2D eigenvalue weighted by atomic mass is 16.4. The number of rotatable bonds is 9. The minimum atomic E-state index is -1.27. The van der Waals surface area contributed by atoms with E-state index in [1.807, 2.05) is 0 Å². The zero-order valence-electron chi connectivity index (χ0n) is 13.7. The van der Waals surface area contributed by atoms with E-state index in [0.29, 0.717) is 19.4 Å². The van der Waals surface area contributed by atoms with Crippen molar-refractivity contribution in [3.05, 3.63) is 0 Å². The lowest BCUT2D eigenvalue weighted by atomic mass is 9.99. The number of carboxylic acid groups (broad SMARTS) is 1. The van der Waals surface area contributed by atoms with Gasteiger partial charge in [-0.05, 0) is 53.5 Å². The van der Waals surface area contributed by atoms with Gasteiger partial charge in [-0.3, -0.25) is 9.59 Å². The van der Waals surface area contributed by atoms with Crippen molar-refractivity contribution in [2.45, 2.75) is 64.1 Å². The summed E-state index contributed by atoms with van der Waals surface area (Å²) < 4.78 is 0. The minimum Gasteiger partial charge on any atom is -0.480 e. The van der Waals surface area contributed by atoms with E-state index >= 15 is 0 Å². The Balaban J connectivity index is 4.76. The number of carboxylic acids is 1. The fourth-order valence-corrected chi connectivity index (χ4v) is 1.59. The van der Waals surface area contributed by atoms with Crippen LogP contribution in [0.1, 0.15) is 47.0 Å². The highest BCUT2D eigenvalue weighted by molar-refractivity contribution is 5.95. The molecule has 0 aromatic rings. The Morgan fingerprint density at radius 2 is 1.64 bits per heavy atom. The van der Waals surface area contributed by atoms with Crippen LogP contribution in [-0.2, 0) is 14.4 Å². The SMILES string of the molecule is CC(C)(N)C(=O)NC(C)(C)C(=O)N[C@@H](CCCCN)C(=O)O. The van der Waals surface area contributed by atoms with E-state index in [4.69, 9.17) is 16.6 Å². The van der Waals surface area contributed by atoms with Gasteiger partial charge < -0.3 is 27.2 Å². The molecule has 2 amide bonds. The molecule has 0 spiro atoms. The van der Waals surface area contributed by atoms with Gasteiger partial charge in [-0.25, -0.2) is 4.79 Å². The van der Waals surface area contributed by atoms with Crippen molar-refractivity contribution < 1.29 is 19.5 Å². The maximum atomic E-state index is 12.2. The Hall–Kier alpha value is -1.67. The van der Waals surface area contributed by atoms with Crippen LogP contribution in [0.4, 0.5) is 0 Å². The fourth-order valence-electron chi connectivity index (χ4n) is 1.59. The minimum absolute atomic E-state index is 0.282. The van der Waals surface area contributed by atoms with Gasteiger partial charge in [0.2, 0.25) is 11.8 Å². The van der Waals surface area contributed by atoms with E-state index < -0.39 is 34.9 Å². The average Bonchev–Trinajstić information content (AvgIpc) is 2.35. The Morgan fingerprint density at radius 1 is 1.09 bits per heavy atom. The molecular weight excluding hydrogens is 288 g/mol. The third kappa shape index (κ3) is 6.86. The van der Waals surface area contributed by atoms with Crippen molar-refractivity contribution in [2.75, 3.05) is 6.54 Å². The van der Waals surface area contributed by atoms with Crippen molar-refractivity contribution >= 4 is 17.8 Å². The van der Waals surface area contributed by atoms with Crippen LogP contribution in [0.3, 0.4) is 0 Å². The van der Waals surface area contributed by atoms with E-state index in [1.54, 1.807) is 0 Å². The van der Waals surface area contributed by atoms with Crippen molar-refractivity contribution in [3.63, 3.8) is 0 Å². The molecule has 0 radical (unpaired) electrons. The number of amides is 2. The quantitative estimate of drug-likeness (QED) is 0.356. The highest BCUT2D eigenvalue weighted by Gasteiger charge is 2.35. The van der Waals surface area contributed by atoms with E-state index in [-0.39, 0.29) is 6.42 Å². The monoisotopic (exact) mass is 316 g/mol. The summed E-state index contributed by atoms with van der Waals surface area (Å²) in [6.07, 6.45) is 1.56. The molecule has 8 nitrogen and oxygen atoms in total. The molecule has 22 heavy (non-hydrogen) atoms. The van der Waals surface area contributed by atoms with E-state index in [9.17, 15) is 14.4 Å². The molecule has 8 heteroatoms. The molecule has 0 heterocycles. The topological polar surface area (TPSA) is 148 Å². The van der Waals surface area contributed by atoms with Crippen molar-refractivity contribution in [1.29, 1.82) is 0 Å². The van der Waals surface area contributed by atoms with Gasteiger partial charge in [0.05, 0.1) is 5.54 Å². The van der Waals surface area contributed by atoms with Gasteiger partial charge in [0.15, 0.2) is 0 Å². The van der Waals surface area contributed by atoms with Gasteiger partial charge in [0.1, 0.15) is 11.6 Å². The molecule has 0 aromatic heterocycles. The number of hydrogen-bond acceptors (Lipinski definition) is 5. The van der Waals surface area contributed by atoms with Gasteiger partial charge >= 0.3 is 5.97 Å². The van der Waals surface area contributed by atoms with Gasteiger partial charge in [0.25, 0.3) is 0 Å². The van der Waals surface area contributed by atoms with Crippen LogP contribution >= 0.6 is 0 Å². The Labute approximate surface area is 131 Å². The highest BCUT2D eigenvalue weighted by Crippen LogP contribution is 2.08. The maximum absolute atomic E-state index is 12.2. The number of aliphatic carboxylic acids is 1. The lowest BCUT2D eigenvalue weighted by Crippen LogP contribution is -2.62. The van der Waals surface area contributed by atoms with Gasteiger partial charge in [-0.15, -0.1) is 0 Å². The number of carbonyl (C=O) groups excluding carboxylic acids is 2. The van der Waals surface area contributed by atoms with Gasteiger partial charge in [0, 0.05) is 0 Å². The lowest BCUT2D eigenvalue weighted by molar-refractivity contribution is -0.143. The van der Waals surface area contributed by atoms with Crippen molar-refractivity contribution in [1.82, 2.24) is 10.6 Å². The molecule has 0 saturated heterocycles. The van der Waals surface area contributed by atoms with E-state index in [1.165, 1.54) is 27.7 Å². The van der Waals surface area contributed by atoms with Crippen LogP contribution in [0, 0.1) is 0 Å². The van der Waals surface area contributed by atoms with Crippen LogP contribution in [0.15, 0.2) is 0 Å². The molecule has 0 aliphatic heterocycles. The Morgan fingerprint density at radius 3 is 2.05 bits per heavy atom. The molecule has 0 aliphatic rings. The lowest BCUT2D eigenvalue weighted by Gasteiger charge is -2.30. The second-order valence-electron chi connectivity index (χ2n) is 6.45. The summed E-state index contributed by atoms with van der Waals surface area (Å²) in [6.45, 7) is 6.48. The molecule has 0 aliphatic carbocycles. The second-order valence-corrected chi connectivity index (χ2v) is 6.45. The number of nitrogens with two attached hydrogens (primary N) is 2. The molecule has 128 valence electrons. The largest absolute Gasteiger partial charge is 0.480 e.